The molecule has 1 atom stereocenters. The lowest BCUT2D eigenvalue weighted by Gasteiger charge is -2.15. The van der Waals surface area contributed by atoms with E-state index < -0.39 is 0 Å². The zero-order chi connectivity index (χ0) is 11.8. The van der Waals surface area contributed by atoms with Gasteiger partial charge in [-0.1, -0.05) is 39.2 Å². The Labute approximate surface area is 107 Å². The van der Waals surface area contributed by atoms with Gasteiger partial charge in [0.25, 0.3) is 0 Å². The van der Waals surface area contributed by atoms with Crippen molar-refractivity contribution in [2.24, 2.45) is 5.92 Å². The molecule has 0 aliphatic carbocycles. The van der Waals surface area contributed by atoms with Crippen LogP contribution in [0.3, 0.4) is 0 Å². The molecule has 1 aromatic rings. The van der Waals surface area contributed by atoms with Crippen LogP contribution in [-0.4, -0.2) is 11.5 Å². The van der Waals surface area contributed by atoms with Gasteiger partial charge < -0.3 is 5.32 Å². The molecule has 16 heavy (non-hydrogen) atoms. The van der Waals surface area contributed by atoms with E-state index >= 15 is 0 Å². The highest BCUT2D eigenvalue weighted by Crippen LogP contribution is 2.15. The standard InChI is InChI=1S/C13H21BrN2/c1-3-5-7-11(4-2)10-15-13-9-6-8-12(14)16-13/h6,8-9,11H,3-5,7,10H2,1-2H3,(H,15,16). The number of pyridine rings is 1. The van der Waals surface area contributed by atoms with Crippen molar-refractivity contribution in [1.29, 1.82) is 0 Å². The summed E-state index contributed by atoms with van der Waals surface area (Å²) in [6.45, 7) is 5.53. The summed E-state index contributed by atoms with van der Waals surface area (Å²) in [6, 6.07) is 5.96. The van der Waals surface area contributed by atoms with Crippen LogP contribution in [0.4, 0.5) is 5.82 Å². The van der Waals surface area contributed by atoms with E-state index in [0.717, 1.165) is 22.9 Å². The van der Waals surface area contributed by atoms with Crippen LogP contribution in [-0.2, 0) is 0 Å². The van der Waals surface area contributed by atoms with Crippen LogP contribution in [0.1, 0.15) is 39.5 Å². The van der Waals surface area contributed by atoms with Gasteiger partial charge in [-0.05, 0) is 40.4 Å². The van der Waals surface area contributed by atoms with Crippen molar-refractivity contribution in [2.45, 2.75) is 39.5 Å². The van der Waals surface area contributed by atoms with Gasteiger partial charge >= 0.3 is 0 Å². The highest BCUT2D eigenvalue weighted by atomic mass is 79.9. The lowest BCUT2D eigenvalue weighted by atomic mass is 9.99. The summed E-state index contributed by atoms with van der Waals surface area (Å²) < 4.78 is 0.888. The fourth-order valence-electron chi connectivity index (χ4n) is 1.70. The quantitative estimate of drug-likeness (QED) is 0.747. The molecule has 1 N–H and O–H groups in total. The number of hydrogen-bond acceptors (Lipinski definition) is 2. The van der Waals surface area contributed by atoms with Crippen LogP contribution in [0.15, 0.2) is 22.8 Å². The van der Waals surface area contributed by atoms with Gasteiger partial charge in [0.1, 0.15) is 10.4 Å². The Balaban J connectivity index is 2.37. The van der Waals surface area contributed by atoms with E-state index in [2.05, 4.69) is 40.1 Å². The fourth-order valence-corrected chi connectivity index (χ4v) is 2.04. The maximum Gasteiger partial charge on any atom is 0.127 e. The van der Waals surface area contributed by atoms with E-state index in [-0.39, 0.29) is 0 Å². The summed E-state index contributed by atoms with van der Waals surface area (Å²) in [5, 5.41) is 3.40. The minimum Gasteiger partial charge on any atom is -0.370 e. The molecule has 0 bridgehead atoms. The molecule has 0 saturated carbocycles. The number of hydrogen-bond donors (Lipinski definition) is 1. The number of anilines is 1. The van der Waals surface area contributed by atoms with Gasteiger partial charge in [-0.3, -0.25) is 0 Å². The number of nitrogens with zero attached hydrogens (tertiary/aromatic N) is 1. The molecule has 1 unspecified atom stereocenters. The summed E-state index contributed by atoms with van der Waals surface area (Å²) >= 11 is 3.38. The second-order valence-corrected chi connectivity index (χ2v) is 4.96. The third kappa shape index (κ3) is 4.97. The second kappa shape index (κ2) is 7.66. The Morgan fingerprint density at radius 3 is 2.81 bits per heavy atom. The number of nitrogens with one attached hydrogen (secondary N) is 1. The Hall–Kier alpha value is -0.570. The summed E-state index contributed by atoms with van der Waals surface area (Å²) in [4.78, 5) is 4.37. The van der Waals surface area contributed by atoms with Crippen LogP contribution in [0.5, 0.6) is 0 Å². The largest absolute Gasteiger partial charge is 0.370 e. The average molecular weight is 285 g/mol. The summed E-state index contributed by atoms with van der Waals surface area (Å²) in [6.07, 6.45) is 5.16. The monoisotopic (exact) mass is 284 g/mol. The molecule has 90 valence electrons. The summed E-state index contributed by atoms with van der Waals surface area (Å²) in [7, 11) is 0. The van der Waals surface area contributed by atoms with E-state index in [1.807, 2.05) is 18.2 Å². The van der Waals surface area contributed by atoms with Gasteiger partial charge in [0.2, 0.25) is 0 Å². The predicted molar refractivity (Wildman–Crippen MR) is 73.7 cm³/mol. The number of halogens is 1. The molecule has 0 fully saturated rings. The molecule has 1 rings (SSSR count). The normalized spacial score (nSPS) is 12.4. The molecule has 0 amide bonds. The fraction of sp³-hybridized carbons (Fsp3) is 0.615. The minimum absolute atomic E-state index is 0.765. The van der Waals surface area contributed by atoms with Gasteiger partial charge in [0.05, 0.1) is 0 Å². The van der Waals surface area contributed by atoms with Gasteiger partial charge in [-0.2, -0.15) is 0 Å². The summed E-state index contributed by atoms with van der Waals surface area (Å²) in [5.41, 5.74) is 0. The van der Waals surface area contributed by atoms with Gasteiger partial charge in [0.15, 0.2) is 0 Å². The van der Waals surface area contributed by atoms with Crippen LogP contribution in [0, 0.1) is 5.92 Å². The molecule has 0 aromatic carbocycles. The van der Waals surface area contributed by atoms with Crippen LogP contribution in [0.25, 0.3) is 0 Å². The zero-order valence-corrected chi connectivity index (χ0v) is 11.8. The number of rotatable bonds is 7. The Bertz CT molecular complexity index is 302. The lowest BCUT2D eigenvalue weighted by molar-refractivity contribution is 0.472. The van der Waals surface area contributed by atoms with Crippen molar-refractivity contribution >= 4 is 21.7 Å². The van der Waals surface area contributed by atoms with E-state index in [1.165, 1.54) is 25.7 Å². The first kappa shape index (κ1) is 13.5. The first-order valence-corrected chi connectivity index (χ1v) is 6.92. The maximum absolute atomic E-state index is 4.37. The maximum atomic E-state index is 4.37. The van der Waals surface area contributed by atoms with E-state index in [1.54, 1.807) is 0 Å². The summed E-state index contributed by atoms with van der Waals surface area (Å²) in [5.74, 6) is 1.73. The van der Waals surface area contributed by atoms with Crippen LogP contribution in [0.2, 0.25) is 0 Å². The number of unbranched alkanes of at least 4 members (excludes halogenated alkanes) is 1. The topological polar surface area (TPSA) is 24.9 Å². The van der Waals surface area contributed by atoms with E-state index in [9.17, 15) is 0 Å². The Morgan fingerprint density at radius 1 is 1.38 bits per heavy atom. The van der Waals surface area contributed by atoms with Crippen molar-refractivity contribution in [3.8, 4) is 0 Å². The first-order valence-electron chi connectivity index (χ1n) is 6.12. The smallest absolute Gasteiger partial charge is 0.127 e. The molecule has 1 aromatic heterocycles. The molecular weight excluding hydrogens is 264 g/mol. The second-order valence-electron chi connectivity index (χ2n) is 4.14. The van der Waals surface area contributed by atoms with E-state index in [0.29, 0.717) is 0 Å². The Kier molecular flexibility index (Phi) is 6.46. The van der Waals surface area contributed by atoms with Gasteiger partial charge in [0, 0.05) is 6.54 Å². The lowest BCUT2D eigenvalue weighted by Crippen LogP contribution is -2.14. The molecule has 0 aliphatic rings. The molecule has 1 heterocycles. The third-order valence-corrected chi connectivity index (χ3v) is 3.27. The van der Waals surface area contributed by atoms with Crippen molar-refractivity contribution in [3.63, 3.8) is 0 Å². The number of aromatic nitrogens is 1. The van der Waals surface area contributed by atoms with Crippen molar-refractivity contribution < 1.29 is 0 Å². The SMILES string of the molecule is CCCCC(CC)CNc1cccc(Br)n1. The van der Waals surface area contributed by atoms with E-state index in [4.69, 9.17) is 0 Å². The molecule has 0 spiro atoms. The van der Waals surface area contributed by atoms with Crippen molar-refractivity contribution in [1.82, 2.24) is 4.98 Å². The van der Waals surface area contributed by atoms with Crippen LogP contribution >= 0.6 is 15.9 Å². The highest BCUT2D eigenvalue weighted by molar-refractivity contribution is 9.10. The van der Waals surface area contributed by atoms with Gasteiger partial charge in [-0.15, -0.1) is 0 Å². The molecule has 3 heteroatoms. The third-order valence-electron chi connectivity index (χ3n) is 2.83. The molecule has 0 saturated heterocycles. The molecule has 0 aliphatic heterocycles. The highest BCUT2D eigenvalue weighted by Gasteiger charge is 2.05. The van der Waals surface area contributed by atoms with Gasteiger partial charge in [-0.25, -0.2) is 4.98 Å². The molecule has 2 nitrogen and oxygen atoms in total. The molecular formula is C13H21BrN2. The minimum atomic E-state index is 0.765. The first-order chi connectivity index (χ1) is 7.76. The van der Waals surface area contributed by atoms with Crippen molar-refractivity contribution in [2.75, 3.05) is 11.9 Å². The molecule has 0 radical (unpaired) electrons. The van der Waals surface area contributed by atoms with Crippen LogP contribution < -0.4 is 5.32 Å². The zero-order valence-electron chi connectivity index (χ0n) is 10.2. The predicted octanol–water partition coefficient (Wildman–Crippen LogP) is 4.47. The van der Waals surface area contributed by atoms with Crippen molar-refractivity contribution in [3.05, 3.63) is 22.8 Å². The average Bonchev–Trinajstić information content (AvgIpc) is 2.29. The Morgan fingerprint density at radius 2 is 2.19 bits per heavy atom.